The Balaban J connectivity index is 1.87. The Labute approximate surface area is 127 Å². The number of hydrogen-bond acceptors (Lipinski definition) is 5. The molecular weight excluding hydrogens is 297 g/mol. The molecule has 2 atom stereocenters. The molecule has 3 fully saturated rings. The number of fused-ring (bicyclic) bond motifs is 3. The highest BCUT2D eigenvalue weighted by atomic mass is 35.5. The number of rotatable bonds is 3. The molecule has 1 N–H and O–H groups in total. The van der Waals surface area contributed by atoms with E-state index in [9.17, 15) is 9.18 Å². The fourth-order valence-electron chi connectivity index (χ4n) is 3.74. The SMILES string of the molecule is COC(=O)[C@@H]1C2CCC(CC2)[C@H]1Nc1nc(Cl)ncc1F. The van der Waals surface area contributed by atoms with Crippen LogP contribution in [0.4, 0.5) is 10.2 Å². The van der Waals surface area contributed by atoms with Crippen molar-refractivity contribution in [1.82, 2.24) is 9.97 Å². The molecule has 4 rings (SSSR count). The monoisotopic (exact) mass is 313 g/mol. The third kappa shape index (κ3) is 2.69. The quantitative estimate of drug-likeness (QED) is 0.686. The number of esters is 1. The molecule has 0 spiro atoms. The summed E-state index contributed by atoms with van der Waals surface area (Å²) in [6, 6.07) is -0.162. The first-order valence-electron chi connectivity index (χ1n) is 7.12. The standard InChI is InChI=1S/C14H17ClFN3O2/c1-21-13(20)10-7-2-4-8(5-3-7)11(10)18-12-9(16)6-17-14(15)19-12/h6-8,10-11H,2-5H2,1H3,(H,17,18,19)/t7?,8?,10-,11-/m1/s1. The van der Waals surface area contributed by atoms with Crippen LogP contribution < -0.4 is 5.32 Å². The van der Waals surface area contributed by atoms with Gasteiger partial charge in [-0.15, -0.1) is 0 Å². The van der Waals surface area contributed by atoms with Crippen molar-refractivity contribution in [3.8, 4) is 0 Å². The first-order chi connectivity index (χ1) is 10.1. The Morgan fingerprint density at radius 2 is 2.05 bits per heavy atom. The molecule has 114 valence electrons. The Hall–Kier alpha value is -1.43. The van der Waals surface area contributed by atoms with Crippen LogP contribution in [0.1, 0.15) is 25.7 Å². The van der Waals surface area contributed by atoms with Crippen molar-refractivity contribution < 1.29 is 13.9 Å². The predicted octanol–water partition coefficient (Wildman–Crippen LogP) is 2.66. The number of ether oxygens (including phenoxy) is 1. The van der Waals surface area contributed by atoms with Crippen LogP contribution in [-0.2, 0) is 9.53 Å². The maximum Gasteiger partial charge on any atom is 0.311 e. The lowest BCUT2D eigenvalue weighted by atomic mass is 9.61. The number of nitrogens with one attached hydrogen (secondary N) is 1. The average molecular weight is 314 g/mol. The van der Waals surface area contributed by atoms with Crippen LogP contribution in [0, 0.1) is 23.6 Å². The van der Waals surface area contributed by atoms with Crippen LogP contribution in [-0.4, -0.2) is 29.1 Å². The number of carbonyl (C=O) groups is 1. The minimum atomic E-state index is -0.565. The van der Waals surface area contributed by atoms with Gasteiger partial charge in [-0.2, -0.15) is 4.98 Å². The molecular formula is C14H17ClFN3O2. The third-order valence-corrected chi connectivity index (χ3v) is 4.89. The zero-order valence-corrected chi connectivity index (χ0v) is 12.4. The molecule has 1 heterocycles. The molecule has 21 heavy (non-hydrogen) atoms. The number of hydrogen-bond donors (Lipinski definition) is 1. The molecule has 2 bridgehead atoms. The molecule has 0 aliphatic heterocycles. The highest BCUT2D eigenvalue weighted by molar-refractivity contribution is 6.28. The fraction of sp³-hybridized carbons (Fsp3) is 0.643. The normalized spacial score (nSPS) is 31.0. The van der Waals surface area contributed by atoms with Gasteiger partial charge >= 0.3 is 5.97 Å². The van der Waals surface area contributed by atoms with Gasteiger partial charge in [-0.05, 0) is 49.1 Å². The van der Waals surface area contributed by atoms with Crippen molar-refractivity contribution in [3.63, 3.8) is 0 Å². The van der Waals surface area contributed by atoms with E-state index in [0.29, 0.717) is 11.8 Å². The number of carbonyl (C=O) groups excluding carboxylic acids is 1. The molecule has 0 radical (unpaired) electrons. The van der Waals surface area contributed by atoms with Crippen LogP contribution in [0.25, 0.3) is 0 Å². The molecule has 0 unspecified atom stereocenters. The molecule has 7 heteroatoms. The summed E-state index contributed by atoms with van der Waals surface area (Å²) in [7, 11) is 1.39. The third-order valence-electron chi connectivity index (χ3n) is 4.71. The number of nitrogens with zero attached hydrogens (tertiary/aromatic N) is 2. The summed E-state index contributed by atoms with van der Waals surface area (Å²) in [6.07, 6.45) is 5.16. The molecule has 0 amide bonds. The number of methoxy groups -OCH3 is 1. The van der Waals surface area contributed by atoms with Gasteiger partial charge in [0.1, 0.15) is 0 Å². The predicted molar refractivity (Wildman–Crippen MR) is 75.4 cm³/mol. The number of aromatic nitrogens is 2. The van der Waals surface area contributed by atoms with Gasteiger partial charge in [-0.25, -0.2) is 9.37 Å². The maximum atomic E-state index is 13.8. The lowest BCUT2D eigenvalue weighted by Crippen LogP contribution is -2.52. The summed E-state index contributed by atoms with van der Waals surface area (Å²) in [4.78, 5) is 19.6. The van der Waals surface area contributed by atoms with Crippen LogP contribution >= 0.6 is 11.6 Å². The summed E-state index contributed by atoms with van der Waals surface area (Å²) in [5, 5.41) is 3.06. The van der Waals surface area contributed by atoms with Gasteiger partial charge in [0.05, 0.1) is 19.2 Å². The van der Waals surface area contributed by atoms with E-state index in [-0.39, 0.29) is 29.0 Å². The van der Waals surface area contributed by atoms with Crippen LogP contribution in [0.3, 0.4) is 0 Å². The molecule has 3 aliphatic rings. The second-order valence-electron chi connectivity index (χ2n) is 5.73. The minimum Gasteiger partial charge on any atom is -0.469 e. The molecule has 0 aromatic carbocycles. The van der Waals surface area contributed by atoms with E-state index in [1.54, 1.807) is 0 Å². The van der Waals surface area contributed by atoms with E-state index in [1.807, 2.05) is 0 Å². The topological polar surface area (TPSA) is 64.1 Å². The summed E-state index contributed by atoms with van der Waals surface area (Å²) in [5.74, 6) is -0.378. The van der Waals surface area contributed by atoms with E-state index in [4.69, 9.17) is 16.3 Å². The van der Waals surface area contributed by atoms with Crippen molar-refractivity contribution in [2.45, 2.75) is 31.7 Å². The van der Waals surface area contributed by atoms with Crippen LogP contribution in [0.5, 0.6) is 0 Å². The van der Waals surface area contributed by atoms with E-state index in [0.717, 1.165) is 31.9 Å². The summed E-state index contributed by atoms with van der Waals surface area (Å²) < 4.78 is 18.7. The van der Waals surface area contributed by atoms with Gasteiger partial charge in [0.25, 0.3) is 0 Å². The first-order valence-corrected chi connectivity index (χ1v) is 7.50. The Bertz CT molecular complexity index is 549. The van der Waals surface area contributed by atoms with Gasteiger partial charge in [0.2, 0.25) is 5.28 Å². The van der Waals surface area contributed by atoms with Crippen molar-refractivity contribution in [2.75, 3.05) is 12.4 Å². The van der Waals surface area contributed by atoms with Crippen molar-refractivity contribution in [3.05, 3.63) is 17.3 Å². The largest absolute Gasteiger partial charge is 0.469 e. The maximum absolute atomic E-state index is 13.8. The Morgan fingerprint density at radius 1 is 1.38 bits per heavy atom. The molecule has 0 saturated heterocycles. The average Bonchev–Trinajstić information content (AvgIpc) is 2.51. The van der Waals surface area contributed by atoms with E-state index < -0.39 is 5.82 Å². The van der Waals surface area contributed by atoms with Gasteiger partial charge < -0.3 is 10.1 Å². The molecule has 1 aromatic rings. The highest BCUT2D eigenvalue weighted by Gasteiger charge is 2.48. The fourth-order valence-corrected chi connectivity index (χ4v) is 3.87. The molecule has 1 aromatic heterocycles. The second kappa shape index (κ2) is 5.75. The van der Waals surface area contributed by atoms with Crippen LogP contribution in [0.2, 0.25) is 5.28 Å². The molecule has 3 saturated carbocycles. The summed E-state index contributed by atoms with van der Waals surface area (Å²) in [6.45, 7) is 0. The Morgan fingerprint density at radius 3 is 2.71 bits per heavy atom. The van der Waals surface area contributed by atoms with E-state index in [1.165, 1.54) is 7.11 Å². The van der Waals surface area contributed by atoms with Crippen molar-refractivity contribution in [1.29, 1.82) is 0 Å². The number of anilines is 1. The Kier molecular flexibility index (Phi) is 3.97. The van der Waals surface area contributed by atoms with Crippen LogP contribution in [0.15, 0.2) is 6.20 Å². The smallest absolute Gasteiger partial charge is 0.311 e. The zero-order valence-electron chi connectivity index (χ0n) is 11.7. The molecule has 5 nitrogen and oxygen atoms in total. The van der Waals surface area contributed by atoms with Gasteiger partial charge in [0.15, 0.2) is 11.6 Å². The summed E-state index contributed by atoms with van der Waals surface area (Å²) >= 11 is 5.72. The first kappa shape index (κ1) is 14.5. The van der Waals surface area contributed by atoms with E-state index >= 15 is 0 Å². The van der Waals surface area contributed by atoms with Gasteiger partial charge in [-0.1, -0.05) is 0 Å². The van der Waals surface area contributed by atoms with Gasteiger partial charge in [-0.3, -0.25) is 4.79 Å². The lowest BCUT2D eigenvalue weighted by Gasteiger charge is -2.47. The van der Waals surface area contributed by atoms with Crippen molar-refractivity contribution in [2.24, 2.45) is 17.8 Å². The summed E-state index contributed by atoms with van der Waals surface area (Å²) in [5.41, 5.74) is 0. The van der Waals surface area contributed by atoms with Crippen molar-refractivity contribution >= 4 is 23.4 Å². The second-order valence-corrected chi connectivity index (χ2v) is 6.07. The van der Waals surface area contributed by atoms with E-state index in [2.05, 4.69) is 15.3 Å². The van der Waals surface area contributed by atoms with Gasteiger partial charge in [0, 0.05) is 6.04 Å². The lowest BCUT2D eigenvalue weighted by molar-refractivity contribution is -0.152. The highest BCUT2D eigenvalue weighted by Crippen LogP contribution is 2.46. The molecule has 3 aliphatic carbocycles. The zero-order chi connectivity index (χ0) is 15.0. The number of halogens is 2. The minimum absolute atomic E-state index is 0.0190.